The lowest BCUT2D eigenvalue weighted by molar-refractivity contribution is -0.00193. The fourth-order valence-electron chi connectivity index (χ4n) is 1.29. The van der Waals surface area contributed by atoms with Gasteiger partial charge in [-0.3, -0.25) is 4.90 Å². The molecular formula is C10H12ClNO2. The maximum atomic E-state index is 5.83. The summed E-state index contributed by atoms with van der Waals surface area (Å²) in [6, 6.07) is 5.39. The number of fused-ring (bicyclic) bond motifs is 1. The van der Waals surface area contributed by atoms with Gasteiger partial charge in [0.05, 0.1) is 0 Å². The van der Waals surface area contributed by atoms with Crippen LogP contribution in [0.5, 0.6) is 11.5 Å². The van der Waals surface area contributed by atoms with Gasteiger partial charge in [-0.1, -0.05) is 11.6 Å². The second-order valence-corrected chi connectivity index (χ2v) is 3.87. The van der Waals surface area contributed by atoms with Crippen LogP contribution < -0.4 is 9.47 Å². The number of rotatable bonds is 1. The van der Waals surface area contributed by atoms with Crippen LogP contribution in [0.1, 0.15) is 0 Å². The predicted octanol–water partition coefficient (Wildman–Crippen LogP) is 2.00. The molecule has 0 saturated carbocycles. The normalized spacial score (nSPS) is 19.9. The smallest absolute Gasteiger partial charge is 0.186 e. The third kappa shape index (κ3) is 1.79. The van der Waals surface area contributed by atoms with Crippen molar-refractivity contribution >= 4 is 11.6 Å². The zero-order valence-corrected chi connectivity index (χ0v) is 8.91. The minimum Gasteiger partial charge on any atom is -0.484 e. The van der Waals surface area contributed by atoms with Gasteiger partial charge in [0.25, 0.3) is 0 Å². The highest BCUT2D eigenvalue weighted by Crippen LogP contribution is 2.34. The van der Waals surface area contributed by atoms with Gasteiger partial charge in [-0.05, 0) is 26.2 Å². The maximum Gasteiger partial charge on any atom is 0.186 e. The van der Waals surface area contributed by atoms with Crippen molar-refractivity contribution in [2.24, 2.45) is 0 Å². The van der Waals surface area contributed by atoms with Crippen molar-refractivity contribution in [2.45, 2.75) is 6.23 Å². The third-order valence-corrected chi connectivity index (χ3v) is 2.36. The van der Waals surface area contributed by atoms with Crippen molar-refractivity contribution in [3.8, 4) is 11.5 Å². The predicted molar refractivity (Wildman–Crippen MR) is 55.1 cm³/mol. The van der Waals surface area contributed by atoms with Crippen LogP contribution >= 0.6 is 11.6 Å². The molecule has 1 aromatic carbocycles. The van der Waals surface area contributed by atoms with Gasteiger partial charge in [0, 0.05) is 11.1 Å². The molecule has 76 valence electrons. The highest BCUT2D eigenvalue weighted by molar-refractivity contribution is 6.30. The molecule has 0 spiro atoms. The van der Waals surface area contributed by atoms with Crippen LogP contribution in [0.25, 0.3) is 0 Å². The van der Waals surface area contributed by atoms with Gasteiger partial charge in [-0.15, -0.1) is 0 Å². The van der Waals surface area contributed by atoms with E-state index in [0.717, 1.165) is 11.5 Å². The van der Waals surface area contributed by atoms with E-state index in [2.05, 4.69) is 0 Å². The van der Waals surface area contributed by atoms with Crippen LogP contribution in [0.4, 0.5) is 0 Å². The Kier molecular flexibility index (Phi) is 2.52. The van der Waals surface area contributed by atoms with E-state index in [-0.39, 0.29) is 6.23 Å². The monoisotopic (exact) mass is 213 g/mol. The Morgan fingerprint density at radius 1 is 1.36 bits per heavy atom. The number of ether oxygens (including phenoxy) is 2. The summed E-state index contributed by atoms with van der Waals surface area (Å²) in [5.41, 5.74) is 0. The summed E-state index contributed by atoms with van der Waals surface area (Å²) in [5.74, 6) is 1.47. The summed E-state index contributed by atoms with van der Waals surface area (Å²) in [7, 11) is 3.91. The molecule has 1 aliphatic heterocycles. The Hall–Kier alpha value is -0.930. The van der Waals surface area contributed by atoms with Gasteiger partial charge < -0.3 is 9.47 Å². The molecule has 1 aromatic rings. The first-order valence-corrected chi connectivity index (χ1v) is 4.80. The SMILES string of the molecule is CN(C)C1COc2cc(Cl)ccc2O1. The van der Waals surface area contributed by atoms with E-state index in [1.54, 1.807) is 12.1 Å². The molecule has 1 heterocycles. The lowest BCUT2D eigenvalue weighted by Gasteiger charge is -2.30. The molecule has 14 heavy (non-hydrogen) atoms. The van der Waals surface area contributed by atoms with Crippen LogP contribution in [-0.2, 0) is 0 Å². The van der Waals surface area contributed by atoms with Gasteiger partial charge in [0.15, 0.2) is 17.7 Å². The van der Waals surface area contributed by atoms with Crippen LogP contribution in [0, 0.1) is 0 Å². The molecule has 0 radical (unpaired) electrons. The second kappa shape index (κ2) is 3.67. The lowest BCUT2D eigenvalue weighted by Crippen LogP contribution is -2.40. The van der Waals surface area contributed by atoms with Gasteiger partial charge in [-0.25, -0.2) is 0 Å². The summed E-state index contributed by atoms with van der Waals surface area (Å²) >= 11 is 5.83. The molecule has 2 rings (SSSR count). The first kappa shape index (κ1) is 9.62. The zero-order valence-electron chi connectivity index (χ0n) is 8.16. The van der Waals surface area contributed by atoms with Gasteiger partial charge in [0.2, 0.25) is 0 Å². The number of hydrogen-bond acceptors (Lipinski definition) is 3. The van der Waals surface area contributed by atoms with Crippen molar-refractivity contribution in [3.63, 3.8) is 0 Å². The minimum atomic E-state index is -0.0244. The maximum absolute atomic E-state index is 5.83. The molecule has 0 aliphatic carbocycles. The van der Waals surface area contributed by atoms with Crippen molar-refractivity contribution in [1.82, 2.24) is 4.90 Å². The molecule has 0 fully saturated rings. The van der Waals surface area contributed by atoms with Gasteiger partial charge >= 0.3 is 0 Å². The summed E-state index contributed by atoms with van der Waals surface area (Å²) < 4.78 is 11.2. The number of benzene rings is 1. The Bertz CT molecular complexity index is 341. The lowest BCUT2D eigenvalue weighted by atomic mass is 10.3. The molecule has 0 saturated heterocycles. The van der Waals surface area contributed by atoms with E-state index < -0.39 is 0 Å². The molecule has 0 amide bonds. The summed E-state index contributed by atoms with van der Waals surface area (Å²) in [5, 5.41) is 0.663. The largest absolute Gasteiger partial charge is 0.484 e. The molecule has 3 nitrogen and oxygen atoms in total. The molecule has 0 N–H and O–H groups in total. The van der Waals surface area contributed by atoms with E-state index in [1.165, 1.54) is 0 Å². The average molecular weight is 214 g/mol. The van der Waals surface area contributed by atoms with Crippen LogP contribution in [0.2, 0.25) is 5.02 Å². The highest BCUT2D eigenvalue weighted by atomic mass is 35.5. The Labute approximate surface area is 88.2 Å². The molecule has 1 unspecified atom stereocenters. The molecule has 0 aromatic heterocycles. The van der Waals surface area contributed by atoms with Gasteiger partial charge in [-0.2, -0.15) is 0 Å². The van der Waals surface area contributed by atoms with Crippen molar-refractivity contribution in [2.75, 3.05) is 20.7 Å². The van der Waals surface area contributed by atoms with E-state index in [0.29, 0.717) is 11.6 Å². The fourth-order valence-corrected chi connectivity index (χ4v) is 1.45. The number of halogens is 1. The number of hydrogen-bond donors (Lipinski definition) is 0. The van der Waals surface area contributed by atoms with E-state index in [4.69, 9.17) is 21.1 Å². The molecule has 1 aliphatic rings. The summed E-state index contributed by atoms with van der Waals surface area (Å²) in [4.78, 5) is 1.97. The third-order valence-electron chi connectivity index (χ3n) is 2.13. The Balaban J connectivity index is 2.23. The Morgan fingerprint density at radius 2 is 2.14 bits per heavy atom. The first-order valence-electron chi connectivity index (χ1n) is 4.42. The summed E-state index contributed by atoms with van der Waals surface area (Å²) in [6.07, 6.45) is -0.0244. The Morgan fingerprint density at radius 3 is 2.86 bits per heavy atom. The quantitative estimate of drug-likeness (QED) is 0.712. The van der Waals surface area contributed by atoms with Crippen molar-refractivity contribution in [3.05, 3.63) is 23.2 Å². The topological polar surface area (TPSA) is 21.7 Å². The van der Waals surface area contributed by atoms with Crippen LogP contribution in [0.15, 0.2) is 18.2 Å². The molecule has 4 heteroatoms. The molecular weight excluding hydrogens is 202 g/mol. The fraction of sp³-hybridized carbons (Fsp3) is 0.400. The standard InChI is InChI=1S/C10H12ClNO2/c1-12(2)10-6-13-9-5-7(11)3-4-8(9)14-10/h3-5,10H,6H2,1-2H3. The van der Waals surface area contributed by atoms with E-state index >= 15 is 0 Å². The molecule has 1 atom stereocenters. The zero-order chi connectivity index (χ0) is 10.1. The molecule has 0 bridgehead atoms. The minimum absolute atomic E-state index is 0.0244. The second-order valence-electron chi connectivity index (χ2n) is 3.44. The van der Waals surface area contributed by atoms with Crippen molar-refractivity contribution < 1.29 is 9.47 Å². The van der Waals surface area contributed by atoms with Gasteiger partial charge in [0.1, 0.15) is 6.61 Å². The van der Waals surface area contributed by atoms with Crippen molar-refractivity contribution in [1.29, 1.82) is 0 Å². The first-order chi connectivity index (χ1) is 6.66. The van der Waals surface area contributed by atoms with Crippen LogP contribution in [0.3, 0.4) is 0 Å². The van der Waals surface area contributed by atoms with E-state index in [1.807, 2.05) is 25.1 Å². The number of likely N-dealkylation sites (N-methyl/N-ethyl adjacent to an activating group) is 1. The highest BCUT2D eigenvalue weighted by Gasteiger charge is 2.22. The number of nitrogens with zero attached hydrogens (tertiary/aromatic N) is 1. The van der Waals surface area contributed by atoms with E-state index in [9.17, 15) is 0 Å². The average Bonchev–Trinajstić information content (AvgIpc) is 2.16. The summed E-state index contributed by atoms with van der Waals surface area (Å²) in [6.45, 7) is 0.528. The van der Waals surface area contributed by atoms with Crippen LogP contribution in [-0.4, -0.2) is 31.8 Å².